The summed E-state index contributed by atoms with van der Waals surface area (Å²) in [6.07, 6.45) is 4.09. The van der Waals surface area contributed by atoms with Crippen LogP contribution in [0.1, 0.15) is 33.1 Å². The van der Waals surface area contributed by atoms with Crippen molar-refractivity contribution in [2.75, 3.05) is 20.1 Å². The molecule has 0 spiro atoms. The number of rotatable bonds is 0. The minimum absolute atomic E-state index is 0.618. The summed E-state index contributed by atoms with van der Waals surface area (Å²) in [7, 11) is 2.22. The fraction of sp³-hybridized carbons (Fsp3) is 0.833. The van der Waals surface area contributed by atoms with Crippen LogP contribution >= 0.6 is 0 Å². The smallest absolute Gasteiger partial charge is 0.0515 e. The van der Waals surface area contributed by atoms with E-state index in [1.807, 2.05) is 13.8 Å². The minimum Gasteiger partial charge on any atom is -0.388 e. The van der Waals surface area contributed by atoms with Gasteiger partial charge in [-0.2, -0.15) is 0 Å². The molecule has 0 aromatic carbocycles. The van der Waals surface area contributed by atoms with E-state index in [1.165, 1.54) is 31.5 Å². The topological polar surface area (TPSA) is 15.3 Å². The Labute approximate surface area is 88.4 Å². The number of piperidine rings is 2. The number of hydrogen-bond acceptors (Lipinski definition) is 2. The van der Waals surface area contributed by atoms with E-state index < -0.39 is 0 Å². The molecule has 2 saturated heterocycles. The lowest BCUT2D eigenvalue weighted by atomic mass is 9.83. The van der Waals surface area contributed by atoms with Gasteiger partial charge in [0.05, 0.1) is 6.04 Å². The lowest BCUT2D eigenvalue weighted by Crippen LogP contribution is -2.50. The largest absolute Gasteiger partial charge is 0.388 e. The zero-order valence-corrected chi connectivity index (χ0v) is 9.84. The lowest BCUT2D eigenvalue weighted by Gasteiger charge is -2.43. The second kappa shape index (κ2) is 5.40. The van der Waals surface area contributed by atoms with Gasteiger partial charge in [-0.3, -0.25) is 4.90 Å². The summed E-state index contributed by atoms with van der Waals surface area (Å²) >= 11 is 0. The molecular formula is C12H24N2. The third-order valence-corrected chi connectivity index (χ3v) is 3.23. The van der Waals surface area contributed by atoms with E-state index in [0.29, 0.717) is 6.04 Å². The Hall–Kier alpha value is -0.500. The van der Waals surface area contributed by atoms with Crippen LogP contribution in [-0.4, -0.2) is 31.1 Å². The van der Waals surface area contributed by atoms with Crippen LogP contribution in [-0.2, 0) is 0 Å². The summed E-state index contributed by atoms with van der Waals surface area (Å²) < 4.78 is 0. The zero-order chi connectivity index (χ0) is 10.6. The van der Waals surface area contributed by atoms with E-state index in [-0.39, 0.29) is 0 Å². The first-order chi connectivity index (χ1) is 6.79. The van der Waals surface area contributed by atoms with Crippen molar-refractivity contribution in [1.29, 1.82) is 0 Å². The molecular weight excluding hydrogens is 172 g/mol. The average molecular weight is 196 g/mol. The second-order valence-corrected chi connectivity index (χ2v) is 4.07. The van der Waals surface area contributed by atoms with Crippen molar-refractivity contribution in [1.82, 2.24) is 10.2 Å². The van der Waals surface area contributed by atoms with Gasteiger partial charge in [0.2, 0.25) is 0 Å². The average Bonchev–Trinajstić information content (AvgIpc) is 2.21. The third kappa shape index (κ3) is 2.30. The van der Waals surface area contributed by atoms with Crippen molar-refractivity contribution < 1.29 is 0 Å². The molecule has 2 heterocycles. The van der Waals surface area contributed by atoms with Gasteiger partial charge in [-0.1, -0.05) is 20.4 Å². The quantitative estimate of drug-likeness (QED) is 0.639. The van der Waals surface area contributed by atoms with Gasteiger partial charge in [0.25, 0.3) is 0 Å². The summed E-state index contributed by atoms with van der Waals surface area (Å²) in [5.41, 5.74) is 1.24. The number of likely N-dealkylation sites (N-methyl/N-ethyl adjacent to an activating group) is 1. The lowest BCUT2D eigenvalue weighted by molar-refractivity contribution is 0.120. The van der Waals surface area contributed by atoms with Crippen LogP contribution in [0.15, 0.2) is 12.3 Å². The summed E-state index contributed by atoms with van der Waals surface area (Å²) in [6, 6.07) is 0.618. The van der Waals surface area contributed by atoms with E-state index in [0.717, 1.165) is 12.5 Å². The highest BCUT2D eigenvalue weighted by atomic mass is 15.2. The molecule has 2 fully saturated rings. The fourth-order valence-electron chi connectivity index (χ4n) is 2.64. The Kier molecular flexibility index (Phi) is 4.46. The molecule has 0 saturated carbocycles. The normalized spacial score (nSPS) is 32.4. The number of nitrogens with zero attached hydrogens (tertiary/aromatic N) is 1. The number of likely N-dealkylation sites (tertiary alicyclic amines) is 1. The van der Waals surface area contributed by atoms with Gasteiger partial charge in [0, 0.05) is 12.2 Å². The first-order valence-electron chi connectivity index (χ1n) is 5.92. The molecule has 2 unspecified atom stereocenters. The summed E-state index contributed by atoms with van der Waals surface area (Å²) in [5.74, 6) is 0.873. The van der Waals surface area contributed by atoms with E-state index >= 15 is 0 Å². The highest BCUT2D eigenvalue weighted by Crippen LogP contribution is 2.30. The fourth-order valence-corrected chi connectivity index (χ4v) is 2.64. The van der Waals surface area contributed by atoms with Gasteiger partial charge in [0.1, 0.15) is 0 Å². The zero-order valence-electron chi connectivity index (χ0n) is 9.84. The molecule has 2 rings (SSSR count). The van der Waals surface area contributed by atoms with E-state index in [2.05, 4.69) is 23.8 Å². The Bertz CT molecular complexity index is 187. The molecule has 2 aliphatic heterocycles. The van der Waals surface area contributed by atoms with Crippen LogP contribution in [0.3, 0.4) is 0 Å². The van der Waals surface area contributed by atoms with Crippen molar-refractivity contribution in [3.05, 3.63) is 12.3 Å². The molecule has 0 aromatic heterocycles. The summed E-state index contributed by atoms with van der Waals surface area (Å²) in [5, 5.41) is 3.38. The van der Waals surface area contributed by atoms with E-state index in [4.69, 9.17) is 0 Å². The molecule has 0 aromatic rings. The van der Waals surface area contributed by atoms with Crippen molar-refractivity contribution in [2.45, 2.75) is 39.2 Å². The Balaban J connectivity index is 0.000000461. The highest BCUT2D eigenvalue weighted by molar-refractivity contribution is 5.10. The van der Waals surface area contributed by atoms with Gasteiger partial charge >= 0.3 is 0 Å². The number of nitrogens with one attached hydrogen (secondary N) is 1. The van der Waals surface area contributed by atoms with Crippen molar-refractivity contribution in [2.24, 2.45) is 5.92 Å². The van der Waals surface area contributed by atoms with Gasteiger partial charge in [-0.05, 0) is 38.8 Å². The number of hydrogen-bond donors (Lipinski definition) is 1. The second-order valence-electron chi connectivity index (χ2n) is 4.07. The van der Waals surface area contributed by atoms with Gasteiger partial charge in [-0.15, -0.1) is 0 Å². The van der Waals surface area contributed by atoms with E-state index in [9.17, 15) is 0 Å². The molecule has 0 amide bonds. The number of fused-ring (bicyclic) bond motifs is 1. The maximum Gasteiger partial charge on any atom is 0.0515 e. The molecule has 0 radical (unpaired) electrons. The van der Waals surface area contributed by atoms with Crippen molar-refractivity contribution in [3.63, 3.8) is 0 Å². The molecule has 0 aliphatic carbocycles. The first-order valence-corrected chi connectivity index (χ1v) is 5.92. The van der Waals surface area contributed by atoms with E-state index in [1.54, 1.807) is 0 Å². The van der Waals surface area contributed by atoms with Crippen molar-refractivity contribution in [3.8, 4) is 0 Å². The molecule has 2 nitrogen and oxygen atoms in total. The van der Waals surface area contributed by atoms with Gasteiger partial charge in [0.15, 0.2) is 0 Å². The Morgan fingerprint density at radius 3 is 2.71 bits per heavy atom. The predicted octanol–water partition coefficient (Wildman–Crippen LogP) is 2.23. The molecule has 2 aliphatic rings. The van der Waals surface area contributed by atoms with Crippen LogP contribution in [0.4, 0.5) is 0 Å². The van der Waals surface area contributed by atoms with Crippen LogP contribution < -0.4 is 5.32 Å². The van der Waals surface area contributed by atoms with Gasteiger partial charge < -0.3 is 5.32 Å². The molecule has 1 N–H and O–H groups in total. The summed E-state index contributed by atoms with van der Waals surface area (Å²) in [4.78, 5) is 2.45. The first kappa shape index (κ1) is 11.6. The van der Waals surface area contributed by atoms with Crippen LogP contribution in [0, 0.1) is 5.92 Å². The predicted molar refractivity (Wildman–Crippen MR) is 62.2 cm³/mol. The minimum atomic E-state index is 0.618. The SMILES string of the molecule is C=C1NCCC2CCCN(C)C12.CC. The molecule has 82 valence electrons. The molecule has 0 bridgehead atoms. The van der Waals surface area contributed by atoms with Crippen LogP contribution in [0.2, 0.25) is 0 Å². The summed E-state index contributed by atoms with van der Waals surface area (Å²) in [6.45, 7) is 10.5. The maximum atomic E-state index is 4.10. The maximum absolute atomic E-state index is 4.10. The van der Waals surface area contributed by atoms with Crippen LogP contribution in [0.25, 0.3) is 0 Å². The molecule has 2 heteroatoms. The Morgan fingerprint density at radius 2 is 2.07 bits per heavy atom. The monoisotopic (exact) mass is 196 g/mol. The van der Waals surface area contributed by atoms with Gasteiger partial charge in [-0.25, -0.2) is 0 Å². The van der Waals surface area contributed by atoms with Crippen LogP contribution in [0.5, 0.6) is 0 Å². The highest BCUT2D eigenvalue weighted by Gasteiger charge is 2.33. The Morgan fingerprint density at radius 1 is 1.36 bits per heavy atom. The third-order valence-electron chi connectivity index (χ3n) is 3.23. The standard InChI is InChI=1S/C10H18N2.C2H6/c1-8-10-9(5-6-11-8)4-3-7-12(10)2;1-2/h9-11H,1,3-7H2,2H3;1-2H3. The molecule has 14 heavy (non-hydrogen) atoms. The van der Waals surface area contributed by atoms with Crippen molar-refractivity contribution >= 4 is 0 Å². The molecule has 2 atom stereocenters.